The van der Waals surface area contributed by atoms with Gasteiger partial charge >= 0.3 is 0 Å². The van der Waals surface area contributed by atoms with Crippen LogP contribution in [0.3, 0.4) is 0 Å². The van der Waals surface area contributed by atoms with Crippen LogP contribution in [0.1, 0.15) is 47.4 Å². The highest BCUT2D eigenvalue weighted by molar-refractivity contribution is 5.94. The largest absolute Gasteiger partial charge is 0.459 e. The molecule has 1 aromatic carbocycles. The normalized spacial score (nSPS) is 15.1. The highest BCUT2D eigenvalue weighted by Crippen LogP contribution is 2.29. The van der Waals surface area contributed by atoms with Gasteiger partial charge in [0, 0.05) is 42.7 Å². The number of rotatable bonds is 4. The van der Waals surface area contributed by atoms with Crippen molar-refractivity contribution < 1.29 is 9.21 Å². The lowest BCUT2D eigenvalue weighted by molar-refractivity contribution is 0.0677. The zero-order chi connectivity index (χ0) is 17.4. The van der Waals surface area contributed by atoms with Crippen LogP contribution in [0, 0.1) is 0 Å². The molecule has 0 spiro atoms. The zero-order valence-corrected chi connectivity index (χ0v) is 14.5. The summed E-state index contributed by atoms with van der Waals surface area (Å²) in [4.78, 5) is 14.9. The van der Waals surface area contributed by atoms with E-state index < -0.39 is 0 Å². The molecule has 0 bridgehead atoms. The van der Waals surface area contributed by atoms with Gasteiger partial charge in [0.15, 0.2) is 5.69 Å². The number of fused-ring (bicyclic) bond motifs is 2. The molecule has 3 heterocycles. The summed E-state index contributed by atoms with van der Waals surface area (Å²) in [5, 5.41) is 11.7. The standard InChI is InChI=1S/C19H22N4O2/c1-3-23(12(2)17-10-13-6-4-5-7-16(13)25-17)19(24)18-14-11-20-9-8-15(14)21-22-18/h4-7,10,12,20H,3,8-9,11H2,1-2H3,(H,21,22). The average molecular weight is 338 g/mol. The number of benzene rings is 1. The maximum absolute atomic E-state index is 13.1. The second-order valence-corrected chi connectivity index (χ2v) is 6.41. The molecular formula is C19H22N4O2. The first kappa shape index (κ1) is 15.9. The lowest BCUT2D eigenvalue weighted by atomic mass is 10.1. The first-order chi connectivity index (χ1) is 12.2. The number of carbonyl (C=O) groups excluding carboxylic acids is 1. The van der Waals surface area contributed by atoms with E-state index in [0.717, 1.165) is 41.0 Å². The molecule has 6 nitrogen and oxygen atoms in total. The van der Waals surface area contributed by atoms with Crippen molar-refractivity contribution in [1.29, 1.82) is 0 Å². The number of nitrogens with zero attached hydrogens (tertiary/aromatic N) is 2. The molecule has 0 saturated carbocycles. The number of carbonyl (C=O) groups is 1. The molecule has 1 aliphatic rings. The van der Waals surface area contributed by atoms with Crippen LogP contribution in [-0.4, -0.2) is 34.1 Å². The second-order valence-electron chi connectivity index (χ2n) is 6.41. The van der Waals surface area contributed by atoms with Gasteiger partial charge in [-0.25, -0.2) is 0 Å². The third kappa shape index (κ3) is 2.72. The van der Waals surface area contributed by atoms with Crippen molar-refractivity contribution in [3.8, 4) is 0 Å². The topological polar surface area (TPSA) is 74.2 Å². The van der Waals surface area contributed by atoms with Crippen molar-refractivity contribution in [3.63, 3.8) is 0 Å². The molecule has 1 aliphatic heterocycles. The number of para-hydroxylation sites is 1. The predicted molar refractivity (Wildman–Crippen MR) is 95.3 cm³/mol. The van der Waals surface area contributed by atoms with E-state index in [0.29, 0.717) is 18.8 Å². The van der Waals surface area contributed by atoms with Gasteiger partial charge in [-0.1, -0.05) is 18.2 Å². The number of amides is 1. The number of hydrogen-bond donors (Lipinski definition) is 2. The molecular weight excluding hydrogens is 316 g/mol. The predicted octanol–water partition coefficient (Wildman–Crippen LogP) is 3.02. The minimum absolute atomic E-state index is 0.0587. The van der Waals surface area contributed by atoms with Crippen molar-refractivity contribution in [3.05, 3.63) is 53.0 Å². The SMILES string of the molecule is CCN(C(=O)c1n[nH]c2c1CNCC2)C(C)c1cc2ccccc2o1. The first-order valence-electron chi connectivity index (χ1n) is 8.75. The quantitative estimate of drug-likeness (QED) is 0.767. The molecule has 1 amide bonds. The van der Waals surface area contributed by atoms with Crippen LogP contribution in [0.2, 0.25) is 0 Å². The highest BCUT2D eigenvalue weighted by Gasteiger charge is 2.29. The average Bonchev–Trinajstić information content (AvgIpc) is 3.26. The molecule has 2 aromatic heterocycles. The fraction of sp³-hybridized carbons (Fsp3) is 0.368. The minimum atomic E-state index is -0.159. The minimum Gasteiger partial charge on any atom is -0.459 e. The third-order valence-electron chi connectivity index (χ3n) is 4.93. The maximum Gasteiger partial charge on any atom is 0.275 e. The fourth-order valence-electron chi connectivity index (χ4n) is 3.49. The Balaban J connectivity index is 1.64. The number of aromatic nitrogens is 2. The van der Waals surface area contributed by atoms with Gasteiger partial charge in [0.05, 0.1) is 6.04 Å². The molecule has 0 radical (unpaired) electrons. The van der Waals surface area contributed by atoms with Crippen LogP contribution in [0.25, 0.3) is 11.0 Å². The first-order valence-corrected chi connectivity index (χ1v) is 8.75. The lowest BCUT2D eigenvalue weighted by Gasteiger charge is -2.26. The molecule has 1 atom stereocenters. The molecule has 0 aliphatic carbocycles. The maximum atomic E-state index is 13.1. The Bertz CT molecular complexity index is 878. The summed E-state index contributed by atoms with van der Waals surface area (Å²) in [5.41, 5.74) is 3.42. The molecule has 6 heteroatoms. The molecule has 25 heavy (non-hydrogen) atoms. The number of aromatic amines is 1. The van der Waals surface area contributed by atoms with Gasteiger partial charge in [0.1, 0.15) is 11.3 Å². The Hall–Kier alpha value is -2.60. The Morgan fingerprint density at radius 2 is 2.24 bits per heavy atom. The van der Waals surface area contributed by atoms with Crippen molar-refractivity contribution >= 4 is 16.9 Å². The van der Waals surface area contributed by atoms with Gasteiger partial charge < -0.3 is 14.6 Å². The number of nitrogens with one attached hydrogen (secondary N) is 2. The van der Waals surface area contributed by atoms with Gasteiger partial charge in [0.25, 0.3) is 5.91 Å². The van der Waals surface area contributed by atoms with E-state index in [-0.39, 0.29) is 11.9 Å². The van der Waals surface area contributed by atoms with Crippen molar-refractivity contribution in [2.24, 2.45) is 0 Å². The van der Waals surface area contributed by atoms with E-state index in [1.165, 1.54) is 0 Å². The van der Waals surface area contributed by atoms with Crippen molar-refractivity contribution in [2.45, 2.75) is 32.9 Å². The van der Waals surface area contributed by atoms with Gasteiger partial charge in [-0.3, -0.25) is 9.89 Å². The lowest BCUT2D eigenvalue weighted by Crippen LogP contribution is -2.35. The van der Waals surface area contributed by atoms with Crippen LogP contribution >= 0.6 is 0 Å². The van der Waals surface area contributed by atoms with Crippen LogP contribution in [0.15, 0.2) is 34.7 Å². The molecule has 0 fully saturated rings. The van der Waals surface area contributed by atoms with E-state index >= 15 is 0 Å². The van der Waals surface area contributed by atoms with E-state index in [1.807, 2.05) is 49.1 Å². The summed E-state index contributed by atoms with van der Waals surface area (Å²) in [6.45, 7) is 6.16. The molecule has 130 valence electrons. The van der Waals surface area contributed by atoms with E-state index in [4.69, 9.17) is 4.42 Å². The Morgan fingerprint density at radius 3 is 3.04 bits per heavy atom. The Morgan fingerprint density at radius 1 is 1.40 bits per heavy atom. The van der Waals surface area contributed by atoms with E-state index in [1.54, 1.807) is 0 Å². The molecule has 0 saturated heterocycles. The highest BCUT2D eigenvalue weighted by atomic mass is 16.3. The van der Waals surface area contributed by atoms with Gasteiger partial charge in [-0.2, -0.15) is 5.10 Å². The Kier molecular flexibility index (Phi) is 4.05. The summed E-state index contributed by atoms with van der Waals surface area (Å²) in [7, 11) is 0. The summed E-state index contributed by atoms with van der Waals surface area (Å²) < 4.78 is 5.96. The van der Waals surface area contributed by atoms with Crippen LogP contribution < -0.4 is 5.32 Å². The third-order valence-corrected chi connectivity index (χ3v) is 4.93. The smallest absolute Gasteiger partial charge is 0.275 e. The van der Waals surface area contributed by atoms with Crippen molar-refractivity contribution in [1.82, 2.24) is 20.4 Å². The summed E-state index contributed by atoms with van der Waals surface area (Å²) >= 11 is 0. The van der Waals surface area contributed by atoms with Crippen LogP contribution in [0.4, 0.5) is 0 Å². The van der Waals surface area contributed by atoms with E-state index in [9.17, 15) is 4.79 Å². The Labute approximate surface area is 146 Å². The van der Waals surface area contributed by atoms with Gasteiger partial charge in [-0.05, 0) is 26.0 Å². The summed E-state index contributed by atoms with van der Waals surface area (Å²) in [6, 6.07) is 9.75. The number of H-pyrrole nitrogens is 1. The number of hydrogen-bond acceptors (Lipinski definition) is 4. The summed E-state index contributed by atoms with van der Waals surface area (Å²) in [5.74, 6) is 0.732. The van der Waals surface area contributed by atoms with Crippen LogP contribution in [-0.2, 0) is 13.0 Å². The van der Waals surface area contributed by atoms with Gasteiger partial charge in [0.2, 0.25) is 0 Å². The summed E-state index contributed by atoms with van der Waals surface area (Å²) in [6.07, 6.45) is 0.876. The second kappa shape index (κ2) is 6.37. The van der Waals surface area contributed by atoms with Gasteiger partial charge in [-0.15, -0.1) is 0 Å². The molecule has 3 aromatic rings. The molecule has 1 unspecified atom stereocenters. The zero-order valence-electron chi connectivity index (χ0n) is 14.5. The van der Waals surface area contributed by atoms with E-state index in [2.05, 4.69) is 15.5 Å². The monoisotopic (exact) mass is 338 g/mol. The number of furan rings is 1. The molecule has 2 N–H and O–H groups in total. The fourth-order valence-corrected chi connectivity index (χ4v) is 3.49. The van der Waals surface area contributed by atoms with Crippen LogP contribution in [0.5, 0.6) is 0 Å². The van der Waals surface area contributed by atoms with Crippen molar-refractivity contribution in [2.75, 3.05) is 13.1 Å². The molecule has 4 rings (SSSR count).